The molecule has 0 aromatic heterocycles. The summed E-state index contributed by atoms with van der Waals surface area (Å²) in [5, 5.41) is 3.54. The van der Waals surface area contributed by atoms with E-state index in [4.69, 9.17) is 0 Å². The Morgan fingerprint density at radius 2 is 1.16 bits per heavy atom. The molecule has 0 aliphatic carbocycles. The van der Waals surface area contributed by atoms with E-state index in [0.717, 1.165) is 12.8 Å². The highest BCUT2D eigenvalue weighted by atomic mass is 14.9. The second kappa shape index (κ2) is 5.92. The molecule has 0 aliphatic rings. The summed E-state index contributed by atoms with van der Waals surface area (Å²) in [6.07, 6.45) is 2.18. The fraction of sp³-hybridized carbons (Fsp3) is 0.333. The van der Waals surface area contributed by atoms with Gasteiger partial charge in [-0.25, -0.2) is 0 Å². The Labute approximate surface area is 116 Å². The largest absolute Gasteiger partial charge is 0.355 e. The molecule has 1 heteroatoms. The van der Waals surface area contributed by atoms with Gasteiger partial charge in [0.2, 0.25) is 0 Å². The zero-order valence-electron chi connectivity index (χ0n) is 12.4. The molecule has 0 spiro atoms. The fourth-order valence-corrected chi connectivity index (χ4v) is 2.32. The SMILES string of the molecule is CCc1ccc(Nc2ccc(CC)cc2C)c(C)c1. The lowest BCUT2D eigenvalue weighted by molar-refractivity contribution is 1.13. The zero-order valence-corrected chi connectivity index (χ0v) is 12.4. The van der Waals surface area contributed by atoms with E-state index in [9.17, 15) is 0 Å². The van der Waals surface area contributed by atoms with Crippen molar-refractivity contribution in [3.05, 3.63) is 58.7 Å². The lowest BCUT2D eigenvalue weighted by Gasteiger charge is -2.14. The first-order valence-electron chi connectivity index (χ1n) is 7.10. The monoisotopic (exact) mass is 253 g/mol. The van der Waals surface area contributed by atoms with Gasteiger partial charge in [-0.2, -0.15) is 0 Å². The highest BCUT2D eigenvalue weighted by molar-refractivity contribution is 5.66. The summed E-state index contributed by atoms with van der Waals surface area (Å²) in [6.45, 7) is 8.71. The van der Waals surface area contributed by atoms with Gasteiger partial charge in [-0.05, 0) is 61.1 Å². The molecule has 1 N–H and O–H groups in total. The molecule has 0 amide bonds. The number of hydrogen-bond donors (Lipinski definition) is 1. The Bertz CT molecular complexity index is 518. The van der Waals surface area contributed by atoms with E-state index >= 15 is 0 Å². The molecule has 0 aliphatic heterocycles. The van der Waals surface area contributed by atoms with Crippen LogP contribution in [0.1, 0.15) is 36.1 Å². The highest BCUT2D eigenvalue weighted by Crippen LogP contribution is 2.25. The molecule has 2 aromatic carbocycles. The lowest BCUT2D eigenvalue weighted by atomic mass is 10.1. The highest BCUT2D eigenvalue weighted by Gasteiger charge is 2.03. The van der Waals surface area contributed by atoms with Crippen LogP contribution >= 0.6 is 0 Å². The third-order valence-corrected chi connectivity index (χ3v) is 3.67. The number of rotatable bonds is 4. The predicted octanol–water partition coefficient (Wildman–Crippen LogP) is 5.17. The van der Waals surface area contributed by atoms with Crippen LogP contribution in [-0.4, -0.2) is 0 Å². The van der Waals surface area contributed by atoms with Crippen LogP contribution in [0.15, 0.2) is 36.4 Å². The van der Waals surface area contributed by atoms with Gasteiger partial charge < -0.3 is 5.32 Å². The molecule has 0 radical (unpaired) electrons. The number of hydrogen-bond acceptors (Lipinski definition) is 1. The van der Waals surface area contributed by atoms with Crippen LogP contribution in [0.2, 0.25) is 0 Å². The van der Waals surface area contributed by atoms with Crippen molar-refractivity contribution in [1.29, 1.82) is 0 Å². The van der Waals surface area contributed by atoms with Gasteiger partial charge in [0.1, 0.15) is 0 Å². The first kappa shape index (κ1) is 13.7. The molecule has 0 fully saturated rings. The summed E-state index contributed by atoms with van der Waals surface area (Å²) in [4.78, 5) is 0. The third kappa shape index (κ3) is 3.17. The van der Waals surface area contributed by atoms with Crippen LogP contribution in [0.5, 0.6) is 0 Å². The maximum absolute atomic E-state index is 3.54. The van der Waals surface area contributed by atoms with Crippen LogP contribution < -0.4 is 5.32 Å². The van der Waals surface area contributed by atoms with Crippen molar-refractivity contribution in [3.63, 3.8) is 0 Å². The minimum atomic E-state index is 1.09. The van der Waals surface area contributed by atoms with E-state index in [1.165, 1.54) is 33.6 Å². The quantitative estimate of drug-likeness (QED) is 0.792. The second-order valence-electron chi connectivity index (χ2n) is 5.13. The standard InChI is InChI=1S/C18H23N/c1-5-15-7-9-17(13(3)11-15)19-18-10-8-16(6-2)12-14(18)4/h7-12,19H,5-6H2,1-4H3. The smallest absolute Gasteiger partial charge is 0.0414 e. The average molecular weight is 253 g/mol. The van der Waals surface area contributed by atoms with E-state index in [0.29, 0.717) is 0 Å². The fourth-order valence-electron chi connectivity index (χ4n) is 2.32. The van der Waals surface area contributed by atoms with E-state index in [1.807, 2.05) is 0 Å². The summed E-state index contributed by atoms with van der Waals surface area (Å²) in [7, 11) is 0. The zero-order chi connectivity index (χ0) is 13.8. The molecule has 2 aromatic rings. The van der Waals surface area contributed by atoms with Crippen LogP contribution in [0, 0.1) is 13.8 Å². The molecule has 0 unspecified atom stereocenters. The van der Waals surface area contributed by atoms with Gasteiger partial charge in [0.05, 0.1) is 0 Å². The number of anilines is 2. The Kier molecular flexibility index (Phi) is 4.26. The molecule has 0 heterocycles. The molecule has 0 bridgehead atoms. The Morgan fingerprint density at radius 3 is 1.47 bits per heavy atom. The van der Waals surface area contributed by atoms with Gasteiger partial charge in [-0.3, -0.25) is 0 Å². The van der Waals surface area contributed by atoms with Crippen LogP contribution in [-0.2, 0) is 12.8 Å². The minimum Gasteiger partial charge on any atom is -0.355 e. The van der Waals surface area contributed by atoms with Crippen molar-refractivity contribution < 1.29 is 0 Å². The van der Waals surface area contributed by atoms with Crippen molar-refractivity contribution in [2.45, 2.75) is 40.5 Å². The Balaban J connectivity index is 2.26. The first-order valence-corrected chi connectivity index (χ1v) is 7.10. The number of nitrogens with one attached hydrogen (secondary N) is 1. The molecule has 2 rings (SSSR count). The summed E-state index contributed by atoms with van der Waals surface area (Å²) < 4.78 is 0. The van der Waals surface area contributed by atoms with Crippen LogP contribution in [0.3, 0.4) is 0 Å². The van der Waals surface area contributed by atoms with Crippen molar-refractivity contribution in [2.75, 3.05) is 5.32 Å². The average Bonchev–Trinajstić information content (AvgIpc) is 2.42. The number of aryl methyl sites for hydroxylation is 4. The molecule has 0 saturated carbocycles. The van der Waals surface area contributed by atoms with Crippen molar-refractivity contribution in [1.82, 2.24) is 0 Å². The van der Waals surface area contributed by atoms with E-state index < -0.39 is 0 Å². The van der Waals surface area contributed by atoms with Crippen molar-refractivity contribution in [2.24, 2.45) is 0 Å². The van der Waals surface area contributed by atoms with Gasteiger partial charge in [0.15, 0.2) is 0 Å². The Hall–Kier alpha value is -1.76. The van der Waals surface area contributed by atoms with Crippen molar-refractivity contribution >= 4 is 11.4 Å². The Morgan fingerprint density at radius 1 is 0.737 bits per heavy atom. The van der Waals surface area contributed by atoms with E-state index in [1.54, 1.807) is 0 Å². The molecule has 100 valence electrons. The van der Waals surface area contributed by atoms with E-state index in [-0.39, 0.29) is 0 Å². The first-order chi connectivity index (χ1) is 9.13. The normalized spacial score (nSPS) is 10.5. The summed E-state index contributed by atoms with van der Waals surface area (Å²) >= 11 is 0. The van der Waals surface area contributed by atoms with Crippen LogP contribution in [0.4, 0.5) is 11.4 Å². The van der Waals surface area contributed by atoms with Gasteiger partial charge in [-0.1, -0.05) is 38.1 Å². The second-order valence-corrected chi connectivity index (χ2v) is 5.13. The maximum atomic E-state index is 3.54. The van der Waals surface area contributed by atoms with Gasteiger partial charge >= 0.3 is 0 Å². The molecule has 0 atom stereocenters. The minimum absolute atomic E-state index is 1.09. The lowest BCUT2D eigenvalue weighted by Crippen LogP contribution is -1.97. The summed E-state index contributed by atoms with van der Waals surface area (Å²) in [5.41, 5.74) is 7.79. The molecule has 0 saturated heterocycles. The molecule has 19 heavy (non-hydrogen) atoms. The van der Waals surface area contributed by atoms with Gasteiger partial charge in [0, 0.05) is 11.4 Å². The predicted molar refractivity (Wildman–Crippen MR) is 84.4 cm³/mol. The number of benzene rings is 2. The molecule has 1 nitrogen and oxygen atoms in total. The summed E-state index contributed by atoms with van der Waals surface area (Å²) in [5.74, 6) is 0. The van der Waals surface area contributed by atoms with Crippen LogP contribution in [0.25, 0.3) is 0 Å². The third-order valence-electron chi connectivity index (χ3n) is 3.67. The van der Waals surface area contributed by atoms with E-state index in [2.05, 4.69) is 69.4 Å². The molecular formula is C18H23N. The molecular weight excluding hydrogens is 230 g/mol. The van der Waals surface area contributed by atoms with Crippen molar-refractivity contribution in [3.8, 4) is 0 Å². The maximum Gasteiger partial charge on any atom is 0.0414 e. The summed E-state index contributed by atoms with van der Waals surface area (Å²) in [6, 6.07) is 13.3. The van der Waals surface area contributed by atoms with Gasteiger partial charge in [-0.15, -0.1) is 0 Å². The topological polar surface area (TPSA) is 12.0 Å². The van der Waals surface area contributed by atoms with Gasteiger partial charge in [0.25, 0.3) is 0 Å².